The standard InChI is InChI=1S/C9H17O2S.C4HF9O3S/c1-2-3-9(10)8-12-6-4-11-5-7-12;5-1(6,3(9,10)11)2(7,8)4(12,13)17(14,15)16/h2-8H2,1H3;(H,14,15,16)/q+1;/p-1. The van der Waals surface area contributed by atoms with Gasteiger partial charge >= 0.3 is 23.3 Å². The van der Waals surface area contributed by atoms with Gasteiger partial charge in [0.25, 0.3) is 0 Å². The number of hydrogen-bond acceptors (Lipinski definition) is 5. The minimum Gasteiger partial charge on any atom is -0.743 e. The largest absolute Gasteiger partial charge is 0.743 e. The fraction of sp³-hybridized carbons (Fsp3) is 0.923. The molecule has 0 aromatic heterocycles. The lowest BCUT2D eigenvalue weighted by molar-refractivity contribution is -0.382. The van der Waals surface area contributed by atoms with Gasteiger partial charge in [-0.1, -0.05) is 6.92 Å². The van der Waals surface area contributed by atoms with E-state index in [1.807, 2.05) is 0 Å². The van der Waals surface area contributed by atoms with Gasteiger partial charge < -0.3 is 9.29 Å². The lowest BCUT2D eigenvalue weighted by Crippen LogP contribution is -2.63. The molecule has 1 aliphatic heterocycles. The third kappa shape index (κ3) is 6.89. The van der Waals surface area contributed by atoms with Crippen LogP contribution in [0.5, 0.6) is 0 Å². The Balaban J connectivity index is 0.000000571. The second-order valence-electron chi connectivity index (χ2n) is 5.68. The van der Waals surface area contributed by atoms with Crippen LogP contribution >= 0.6 is 0 Å². The maximum atomic E-state index is 12.2. The Morgan fingerprint density at radius 2 is 1.41 bits per heavy atom. The molecule has 1 rings (SSSR count). The van der Waals surface area contributed by atoms with E-state index in [4.69, 9.17) is 4.74 Å². The van der Waals surface area contributed by atoms with Crippen LogP contribution in [-0.2, 0) is 30.5 Å². The molecule has 0 aliphatic carbocycles. The van der Waals surface area contributed by atoms with E-state index in [1.165, 1.54) is 0 Å². The van der Waals surface area contributed by atoms with Crippen LogP contribution in [0.15, 0.2) is 0 Å². The predicted octanol–water partition coefficient (Wildman–Crippen LogP) is 2.96. The number of ether oxygens (including phenoxy) is 1. The van der Waals surface area contributed by atoms with Crippen LogP contribution in [0.3, 0.4) is 0 Å². The third-order valence-electron chi connectivity index (χ3n) is 3.36. The second-order valence-corrected chi connectivity index (χ2v) is 9.43. The minimum absolute atomic E-state index is 0.349. The summed E-state index contributed by atoms with van der Waals surface area (Å²) in [6.45, 7) is 3.79. The molecule has 5 nitrogen and oxygen atoms in total. The molecule has 1 aliphatic rings. The number of hydrogen-bond donors (Lipinski definition) is 0. The second kappa shape index (κ2) is 10.0. The highest BCUT2D eigenvalue weighted by Gasteiger charge is 2.83. The number of alkyl halides is 9. The van der Waals surface area contributed by atoms with Gasteiger partial charge in [-0.2, -0.15) is 39.5 Å². The van der Waals surface area contributed by atoms with Gasteiger partial charge in [-0.05, 0) is 17.3 Å². The van der Waals surface area contributed by atoms with Gasteiger partial charge in [0.2, 0.25) is 0 Å². The average molecular weight is 488 g/mol. The first-order valence-corrected chi connectivity index (χ1v) is 10.9. The highest BCUT2D eigenvalue weighted by molar-refractivity contribution is 7.97. The summed E-state index contributed by atoms with van der Waals surface area (Å²) in [7, 11) is -7.07. The van der Waals surface area contributed by atoms with Crippen molar-refractivity contribution in [2.75, 3.05) is 30.5 Å². The number of rotatable bonds is 7. The van der Waals surface area contributed by atoms with Crippen molar-refractivity contribution in [1.82, 2.24) is 0 Å². The SMILES string of the molecule is CCCC(=O)C[S+]1CCOCC1.O=S(=O)([O-])C(F)(F)C(F)(F)C(F)(F)C(F)(F)F. The molecule has 0 atom stereocenters. The quantitative estimate of drug-likeness (QED) is 0.313. The van der Waals surface area contributed by atoms with Crippen molar-refractivity contribution in [3.8, 4) is 0 Å². The predicted molar refractivity (Wildman–Crippen MR) is 83.3 cm³/mol. The lowest BCUT2D eigenvalue weighted by Gasteiger charge is -2.34. The molecule has 1 saturated heterocycles. The summed E-state index contributed by atoms with van der Waals surface area (Å²) in [4.78, 5) is 11.3. The lowest BCUT2D eigenvalue weighted by atomic mass is 10.1. The monoisotopic (exact) mass is 488 g/mol. The van der Waals surface area contributed by atoms with E-state index in [2.05, 4.69) is 6.92 Å². The van der Waals surface area contributed by atoms with E-state index in [0.717, 1.165) is 43.3 Å². The van der Waals surface area contributed by atoms with Gasteiger partial charge in [-0.3, -0.25) is 4.79 Å². The van der Waals surface area contributed by atoms with E-state index in [9.17, 15) is 57.3 Å². The molecule has 0 unspecified atom stereocenters. The summed E-state index contributed by atoms with van der Waals surface area (Å²) in [5.74, 6) is -11.3. The van der Waals surface area contributed by atoms with E-state index in [0.29, 0.717) is 16.7 Å². The van der Waals surface area contributed by atoms with E-state index in [1.54, 1.807) is 0 Å². The molecule has 16 heteroatoms. The topological polar surface area (TPSA) is 83.5 Å². The van der Waals surface area contributed by atoms with Crippen molar-refractivity contribution < 1.29 is 62.0 Å². The van der Waals surface area contributed by atoms with Crippen molar-refractivity contribution in [3.05, 3.63) is 0 Å². The first-order valence-electron chi connectivity index (χ1n) is 7.72. The first kappa shape index (κ1) is 28.3. The molecule has 0 spiro atoms. The molecular weight excluding hydrogens is 471 g/mol. The summed E-state index contributed by atoms with van der Waals surface area (Å²) in [5.41, 5.74) is 0. The zero-order chi connectivity index (χ0) is 23.3. The Morgan fingerprint density at radius 1 is 0.966 bits per heavy atom. The number of ketones is 1. The van der Waals surface area contributed by atoms with Crippen molar-refractivity contribution in [2.45, 2.75) is 43.0 Å². The Morgan fingerprint density at radius 3 is 1.76 bits per heavy atom. The molecule has 0 saturated carbocycles. The fourth-order valence-corrected chi connectivity index (χ4v) is 4.04. The zero-order valence-corrected chi connectivity index (χ0v) is 16.3. The summed E-state index contributed by atoms with van der Waals surface area (Å²) in [6.07, 6.45) is -5.40. The average Bonchev–Trinajstić information content (AvgIpc) is 2.54. The molecule has 0 bridgehead atoms. The van der Waals surface area contributed by atoms with Gasteiger partial charge in [0.05, 0.1) is 13.2 Å². The minimum atomic E-state index is -7.43. The molecule has 0 aromatic carbocycles. The van der Waals surface area contributed by atoms with Gasteiger partial charge in [0.15, 0.2) is 21.7 Å². The normalized spacial score (nSPS) is 17.5. The van der Waals surface area contributed by atoms with Gasteiger partial charge in [0.1, 0.15) is 11.5 Å². The Bertz CT molecular complexity index is 644. The molecular formula is C13H17F9O5S2. The smallest absolute Gasteiger partial charge is 0.460 e. The molecule has 29 heavy (non-hydrogen) atoms. The van der Waals surface area contributed by atoms with Crippen molar-refractivity contribution >= 4 is 26.8 Å². The van der Waals surface area contributed by atoms with Crippen LogP contribution in [0.25, 0.3) is 0 Å². The van der Waals surface area contributed by atoms with E-state index in [-0.39, 0.29) is 0 Å². The van der Waals surface area contributed by atoms with Crippen LogP contribution in [0.2, 0.25) is 0 Å². The number of Topliss-reactive ketones (excluding diaryl/α,β-unsaturated/α-hetero) is 1. The van der Waals surface area contributed by atoms with Gasteiger partial charge in [0, 0.05) is 6.42 Å². The number of carbonyl (C=O) groups excluding carboxylic acids is 1. The fourth-order valence-electron chi connectivity index (χ4n) is 1.80. The van der Waals surface area contributed by atoms with Crippen LogP contribution in [0, 0.1) is 0 Å². The third-order valence-corrected chi connectivity index (χ3v) is 6.46. The summed E-state index contributed by atoms with van der Waals surface area (Å²) in [6, 6.07) is 0. The summed E-state index contributed by atoms with van der Waals surface area (Å²) < 4.78 is 141. The van der Waals surface area contributed by atoms with Crippen molar-refractivity contribution in [2.24, 2.45) is 0 Å². The molecule has 1 heterocycles. The summed E-state index contributed by atoms with van der Waals surface area (Å²) in [5, 5.41) is -7.11. The Hall–Kier alpha value is -0.740. The molecule has 174 valence electrons. The molecule has 0 N–H and O–H groups in total. The number of halogens is 9. The van der Waals surface area contributed by atoms with Crippen LogP contribution < -0.4 is 0 Å². The van der Waals surface area contributed by atoms with Gasteiger partial charge in [-0.25, -0.2) is 8.42 Å². The van der Waals surface area contributed by atoms with E-state index < -0.39 is 33.4 Å². The van der Waals surface area contributed by atoms with E-state index >= 15 is 0 Å². The van der Waals surface area contributed by atoms with Crippen LogP contribution in [0.1, 0.15) is 19.8 Å². The molecule has 0 amide bonds. The molecule has 1 fully saturated rings. The molecule has 0 radical (unpaired) electrons. The maximum Gasteiger partial charge on any atom is 0.460 e. The van der Waals surface area contributed by atoms with Crippen molar-refractivity contribution in [3.63, 3.8) is 0 Å². The Kier molecular flexibility index (Phi) is 9.79. The maximum absolute atomic E-state index is 12.2. The van der Waals surface area contributed by atoms with Gasteiger partial charge in [-0.15, -0.1) is 0 Å². The highest BCUT2D eigenvalue weighted by atomic mass is 32.2. The summed E-state index contributed by atoms with van der Waals surface area (Å²) >= 11 is 0. The highest BCUT2D eigenvalue weighted by Crippen LogP contribution is 2.54. The zero-order valence-electron chi connectivity index (χ0n) is 14.7. The molecule has 0 aromatic rings. The first-order chi connectivity index (χ1) is 12.8. The van der Waals surface area contributed by atoms with Crippen LogP contribution in [0.4, 0.5) is 39.5 Å². The Labute approximate surface area is 163 Å². The van der Waals surface area contributed by atoms with Crippen molar-refractivity contribution in [1.29, 1.82) is 0 Å². The number of carbonyl (C=O) groups is 1. The van der Waals surface area contributed by atoms with Crippen LogP contribution in [-0.4, -0.2) is 72.5 Å².